The predicted octanol–water partition coefficient (Wildman–Crippen LogP) is 2.09. The molecule has 0 atom stereocenters. The Hall–Kier alpha value is -1.23. The number of carbonyl (C=O) groups excluding carboxylic acids is 1. The normalized spacial score (nSPS) is 9.08. The summed E-state index contributed by atoms with van der Waals surface area (Å²) in [5.74, 6) is 0. The molecule has 62 valence electrons. The Kier molecular flexibility index (Phi) is 2.93. The lowest BCUT2D eigenvalue weighted by Gasteiger charge is -2.05. The van der Waals surface area contributed by atoms with E-state index in [0.29, 0.717) is 17.1 Å². The molecule has 0 unspecified atom stereocenters. The van der Waals surface area contributed by atoms with Crippen molar-refractivity contribution in [1.29, 1.82) is 0 Å². The number of hydrogen-bond donors (Lipinski definition) is 0. The smallest absolute Gasteiger partial charge is 0.237 e. The highest BCUT2D eigenvalue weighted by Crippen LogP contribution is 2.17. The minimum atomic E-state index is 0.357. The summed E-state index contributed by atoms with van der Waals surface area (Å²) in [5, 5.41) is 3.22. The molecule has 0 N–H and O–H groups in total. The third kappa shape index (κ3) is 1.88. The fourth-order valence-corrected chi connectivity index (χ4v) is 0.985. The number of halogens is 1. The summed E-state index contributed by atoms with van der Waals surface area (Å²) in [5.41, 5.74) is 0.447. The Morgan fingerprint density at radius 3 is 2.33 bits per heavy atom. The zero-order chi connectivity index (χ0) is 8.97. The number of nitroso groups, excluding NO2 is 1. The van der Waals surface area contributed by atoms with Gasteiger partial charge in [0.15, 0.2) is 0 Å². The van der Waals surface area contributed by atoms with Gasteiger partial charge in [0, 0.05) is 4.47 Å². The first kappa shape index (κ1) is 8.86. The molecule has 0 bridgehead atoms. The van der Waals surface area contributed by atoms with Crippen LogP contribution in [0.3, 0.4) is 0 Å². The molecule has 0 aromatic heterocycles. The van der Waals surface area contributed by atoms with Gasteiger partial charge in [-0.2, -0.15) is 5.01 Å². The van der Waals surface area contributed by atoms with Crippen LogP contribution in [0.25, 0.3) is 0 Å². The summed E-state index contributed by atoms with van der Waals surface area (Å²) in [6.07, 6.45) is 0.357. The molecule has 1 rings (SSSR count). The van der Waals surface area contributed by atoms with E-state index < -0.39 is 0 Å². The average molecular weight is 229 g/mol. The van der Waals surface area contributed by atoms with Crippen LogP contribution in [-0.2, 0) is 4.79 Å². The van der Waals surface area contributed by atoms with E-state index in [0.717, 1.165) is 4.47 Å². The van der Waals surface area contributed by atoms with E-state index >= 15 is 0 Å². The molecule has 0 aliphatic carbocycles. The van der Waals surface area contributed by atoms with Crippen molar-refractivity contribution in [1.82, 2.24) is 0 Å². The Balaban J connectivity index is 2.94. The largest absolute Gasteiger partial charge is 0.276 e. The summed E-state index contributed by atoms with van der Waals surface area (Å²) in [6, 6.07) is 6.66. The van der Waals surface area contributed by atoms with Crippen molar-refractivity contribution >= 4 is 28.0 Å². The molecule has 0 saturated heterocycles. The Morgan fingerprint density at radius 2 is 1.92 bits per heavy atom. The minimum absolute atomic E-state index is 0.357. The van der Waals surface area contributed by atoms with Crippen LogP contribution in [0.5, 0.6) is 0 Å². The quantitative estimate of drug-likeness (QED) is 0.452. The molecular weight excluding hydrogens is 224 g/mol. The molecule has 0 saturated carbocycles. The predicted molar refractivity (Wildman–Crippen MR) is 48.5 cm³/mol. The van der Waals surface area contributed by atoms with Crippen molar-refractivity contribution < 1.29 is 4.79 Å². The molecule has 1 aromatic carbocycles. The van der Waals surface area contributed by atoms with Gasteiger partial charge in [-0.25, -0.2) is 0 Å². The van der Waals surface area contributed by atoms with E-state index in [-0.39, 0.29) is 0 Å². The van der Waals surface area contributed by atoms with Crippen LogP contribution in [0.4, 0.5) is 5.69 Å². The number of rotatable bonds is 3. The van der Waals surface area contributed by atoms with E-state index in [2.05, 4.69) is 21.2 Å². The van der Waals surface area contributed by atoms with Crippen molar-refractivity contribution in [3.05, 3.63) is 33.6 Å². The topological polar surface area (TPSA) is 49.7 Å². The highest BCUT2D eigenvalue weighted by atomic mass is 79.9. The fraction of sp³-hybridized carbons (Fsp3) is 0. The van der Waals surface area contributed by atoms with E-state index in [4.69, 9.17) is 0 Å². The molecule has 0 aliphatic heterocycles. The van der Waals surface area contributed by atoms with Gasteiger partial charge in [0.2, 0.25) is 6.41 Å². The van der Waals surface area contributed by atoms with Crippen LogP contribution in [0, 0.1) is 4.91 Å². The highest BCUT2D eigenvalue weighted by Gasteiger charge is 2.02. The lowest BCUT2D eigenvalue weighted by atomic mass is 10.3. The van der Waals surface area contributed by atoms with Gasteiger partial charge in [-0.1, -0.05) is 15.9 Å². The number of nitrogens with zero attached hydrogens (tertiary/aromatic N) is 2. The maximum atomic E-state index is 10.2. The molecule has 4 nitrogen and oxygen atoms in total. The summed E-state index contributed by atoms with van der Waals surface area (Å²) < 4.78 is 0.878. The van der Waals surface area contributed by atoms with Crippen LogP contribution in [0.1, 0.15) is 0 Å². The lowest BCUT2D eigenvalue weighted by Crippen LogP contribution is -2.11. The summed E-state index contributed by atoms with van der Waals surface area (Å²) in [6.45, 7) is 0. The van der Waals surface area contributed by atoms with Crippen molar-refractivity contribution in [2.24, 2.45) is 5.29 Å². The van der Waals surface area contributed by atoms with E-state index in [9.17, 15) is 9.70 Å². The second kappa shape index (κ2) is 3.96. The second-order valence-electron chi connectivity index (χ2n) is 2.01. The van der Waals surface area contributed by atoms with Gasteiger partial charge in [-0.05, 0) is 24.3 Å². The van der Waals surface area contributed by atoms with Crippen molar-refractivity contribution in [3.8, 4) is 0 Å². The van der Waals surface area contributed by atoms with Crippen LogP contribution in [-0.4, -0.2) is 6.41 Å². The third-order valence-corrected chi connectivity index (χ3v) is 1.81. The van der Waals surface area contributed by atoms with Gasteiger partial charge in [0.25, 0.3) is 0 Å². The Labute approximate surface area is 77.3 Å². The maximum Gasteiger partial charge on any atom is 0.237 e. The number of hydrogen-bond acceptors (Lipinski definition) is 3. The number of carbonyl (C=O) groups is 1. The van der Waals surface area contributed by atoms with Gasteiger partial charge < -0.3 is 0 Å². The van der Waals surface area contributed by atoms with Gasteiger partial charge in [-0.3, -0.25) is 4.79 Å². The molecule has 1 aromatic rings. The molecule has 12 heavy (non-hydrogen) atoms. The molecule has 1 amide bonds. The molecule has 0 heterocycles. The fourth-order valence-electron chi connectivity index (χ4n) is 0.721. The van der Waals surface area contributed by atoms with Crippen LogP contribution < -0.4 is 5.01 Å². The zero-order valence-corrected chi connectivity index (χ0v) is 7.56. The first-order valence-corrected chi connectivity index (χ1v) is 3.90. The molecule has 5 heteroatoms. The third-order valence-electron chi connectivity index (χ3n) is 1.28. The van der Waals surface area contributed by atoms with E-state index in [1.54, 1.807) is 24.3 Å². The molecule has 0 aliphatic rings. The molecule has 0 fully saturated rings. The summed E-state index contributed by atoms with van der Waals surface area (Å²) in [4.78, 5) is 20.3. The number of benzene rings is 1. The van der Waals surface area contributed by atoms with Gasteiger partial charge in [-0.15, -0.1) is 4.91 Å². The maximum absolute atomic E-state index is 10.2. The van der Waals surface area contributed by atoms with Crippen LogP contribution in [0.2, 0.25) is 0 Å². The standard InChI is InChI=1S/C7H5BrN2O2/c8-6-1-3-7(4-2-6)10(5-11)9-12/h1-5H. The minimum Gasteiger partial charge on any atom is -0.276 e. The average Bonchev–Trinajstić information content (AvgIpc) is 2.10. The van der Waals surface area contributed by atoms with Crippen molar-refractivity contribution in [2.45, 2.75) is 0 Å². The van der Waals surface area contributed by atoms with Crippen molar-refractivity contribution in [2.75, 3.05) is 5.01 Å². The van der Waals surface area contributed by atoms with Crippen molar-refractivity contribution in [3.63, 3.8) is 0 Å². The van der Waals surface area contributed by atoms with Gasteiger partial charge in [0.1, 0.15) is 0 Å². The summed E-state index contributed by atoms with van der Waals surface area (Å²) in [7, 11) is 0. The monoisotopic (exact) mass is 228 g/mol. The van der Waals surface area contributed by atoms with Crippen LogP contribution in [0.15, 0.2) is 34.0 Å². The lowest BCUT2D eigenvalue weighted by molar-refractivity contribution is -0.107. The Morgan fingerprint density at radius 1 is 1.33 bits per heavy atom. The zero-order valence-electron chi connectivity index (χ0n) is 5.98. The first-order chi connectivity index (χ1) is 5.77. The first-order valence-electron chi connectivity index (χ1n) is 3.11. The van der Waals surface area contributed by atoms with E-state index in [1.807, 2.05) is 0 Å². The van der Waals surface area contributed by atoms with Gasteiger partial charge >= 0.3 is 0 Å². The molecule has 0 spiro atoms. The SMILES string of the molecule is O=CN(N=O)c1ccc(Br)cc1. The van der Waals surface area contributed by atoms with Crippen LogP contribution >= 0.6 is 15.9 Å². The number of anilines is 1. The Bertz CT molecular complexity index is 278. The summed E-state index contributed by atoms with van der Waals surface area (Å²) >= 11 is 3.22. The van der Waals surface area contributed by atoms with E-state index in [1.165, 1.54) is 0 Å². The highest BCUT2D eigenvalue weighted by molar-refractivity contribution is 9.10. The van der Waals surface area contributed by atoms with Gasteiger partial charge in [0.05, 0.1) is 11.0 Å². The molecule has 0 radical (unpaired) electrons. The second-order valence-corrected chi connectivity index (χ2v) is 2.92. The molecular formula is C7H5BrN2O2. The number of amides is 1.